The topological polar surface area (TPSA) is 73.5 Å². The molecule has 0 aromatic carbocycles. The summed E-state index contributed by atoms with van der Waals surface area (Å²) < 4.78 is 3.69. The Labute approximate surface area is 123 Å². The SMILES string of the molecule is CCNc1nc(Cn2nc(C)cc2C)nc2c1cnn2C. The Morgan fingerprint density at radius 3 is 2.71 bits per heavy atom. The zero-order valence-corrected chi connectivity index (χ0v) is 12.8. The second-order valence-electron chi connectivity index (χ2n) is 5.11. The van der Waals surface area contributed by atoms with Crippen LogP contribution in [0.1, 0.15) is 24.1 Å². The number of hydrogen-bond acceptors (Lipinski definition) is 5. The van der Waals surface area contributed by atoms with Crippen LogP contribution in [-0.4, -0.2) is 36.1 Å². The number of aromatic nitrogens is 6. The van der Waals surface area contributed by atoms with Gasteiger partial charge in [-0.05, 0) is 26.8 Å². The van der Waals surface area contributed by atoms with E-state index in [0.29, 0.717) is 6.54 Å². The van der Waals surface area contributed by atoms with Crippen molar-refractivity contribution in [2.45, 2.75) is 27.3 Å². The molecule has 0 saturated carbocycles. The van der Waals surface area contributed by atoms with Crippen molar-refractivity contribution >= 4 is 16.9 Å². The van der Waals surface area contributed by atoms with Gasteiger partial charge in [0.25, 0.3) is 0 Å². The number of rotatable bonds is 4. The van der Waals surface area contributed by atoms with Crippen LogP contribution in [0.25, 0.3) is 11.0 Å². The number of hydrogen-bond donors (Lipinski definition) is 1. The third kappa shape index (κ3) is 2.46. The fourth-order valence-corrected chi connectivity index (χ4v) is 2.41. The number of fused-ring (bicyclic) bond motifs is 1. The zero-order valence-electron chi connectivity index (χ0n) is 12.8. The van der Waals surface area contributed by atoms with Crippen molar-refractivity contribution < 1.29 is 0 Å². The highest BCUT2D eigenvalue weighted by molar-refractivity contribution is 5.86. The molecule has 0 saturated heterocycles. The second kappa shape index (κ2) is 5.16. The third-order valence-corrected chi connectivity index (χ3v) is 3.38. The molecular weight excluding hydrogens is 266 g/mol. The van der Waals surface area contributed by atoms with Gasteiger partial charge in [0.1, 0.15) is 12.4 Å². The minimum atomic E-state index is 0.555. The molecule has 7 heteroatoms. The lowest BCUT2D eigenvalue weighted by molar-refractivity contribution is 0.632. The van der Waals surface area contributed by atoms with Gasteiger partial charge < -0.3 is 5.32 Å². The monoisotopic (exact) mass is 285 g/mol. The van der Waals surface area contributed by atoms with Gasteiger partial charge in [-0.1, -0.05) is 0 Å². The predicted molar refractivity (Wildman–Crippen MR) is 81.3 cm³/mol. The number of nitrogens with one attached hydrogen (secondary N) is 1. The normalized spacial score (nSPS) is 11.2. The van der Waals surface area contributed by atoms with Crippen LogP contribution in [0.15, 0.2) is 12.3 Å². The van der Waals surface area contributed by atoms with E-state index >= 15 is 0 Å². The van der Waals surface area contributed by atoms with E-state index in [1.807, 2.05) is 38.6 Å². The average Bonchev–Trinajstić information content (AvgIpc) is 2.94. The first kappa shape index (κ1) is 13.5. The lowest BCUT2D eigenvalue weighted by Gasteiger charge is -2.08. The van der Waals surface area contributed by atoms with Gasteiger partial charge in [-0.15, -0.1) is 0 Å². The molecule has 7 nitrogen and oxygen atoms in total. The highest BCUT2D eigenvalue weighted by Gasteiger charge is 2.12. The zero-order chi connectivity index (χ0) is 15.0. The lowest BCUT2D eigenvalue weighted by atomic mass is 10.3. The van der Waals surface area contributed by atoms with Gasteiger partial charge in [0, 0.05) is 19.3 Å². The Bertz CT molecular complexity index is 784. The van der Waals surface area contributed by atoms with Crippen molar-refractivity contribution in [3.8, 4) is 0 Å². The summed E-state index contributed by atoms with van der Waals surface area (Å²) in [6, 6.07) is 2.05. The first-order valence-electron chi connectivity index (χ1n) is 7.02. The molecule has 110 valence electrons. The summed E-state index contributed by atoms with van der Waals surface area (Å²) in [6.07, 6.45) is 1.79. The van der Waals surface area contributed by atoms with E-state index in [0.717, 1.165) is 40.6 Å². The minimum absolute atomic E-state index is 0.555. The molecule has 0 radical (unpaired) electrons. The molecule has 0 unspecified atom stereocenters. The Balaban J connectivity index is 2.05. The summed E-state index contributed by atoms with van der Waals surface area (Å²) in [5.41, 5.74) is 2.93. The predicted octanol–water partition coefficient (Wildman–Crippen LogP) is 1.66. The van der Waals surface area contributed by atoms with Crippen LogP contribution in [0.5, 0.6) is 0 Å². The fourth-order valence-electron chi connectivity index (χ4n) is 2.41. The van der Waals surface area contributed by atoms with Crippen LogP contribution in [0, 0.1) is 13.8 Å². The van der Waals surface area contributed by atoms with Crippen molar-refractivity contribution in [3.63, 3.8) is 0 Å². The standard InChI is InChI=1S/C14H19N7/c1-5-15-13-11-7-16-20(4)14(11)18-12(17-13)8-21-10(3)6-9(2)19-21/h6-7H,5,8H2,1-4H3,(H,15,17,18). The summed E-state index contributed by atoms with van der Waals surface area (Å²) in [7, 11) is 1.89. The van der Waals surface area contributed by atoms with E-state index < -0.39 is 0 Å². The van der Waals surface area contributed by atoms with Crippen LogP contribution < -0.4 is 5.32 Å². The quantitative estimate of drug-likeness (QED) is 0.789. The van der Waals surface area contributed by atoms with Crippen molar-refractivity contribution in [1.82, 2.24) is 29.5 Å². The first-order valence-corrected chi connectivity index (χ1v) is 7.02. The molecule has 1 N–H and O–H groups in total. The Morgan fingerprint density at radius 2 is 2.05 bits per heavy atom. The van der Waals surface area contributed by atoms with Crippen molar-refractivity contribution in [3.05, 3.63) is 29.5 Å². The maximum absolute atomic E-state index is 4.61. The third-order valence-electron chi connectivity index (χ3n) is 3.38. The van der Waals surface area contributed by atoms with Gasteiger partial charge in [-0.3, -0.25) is 9.36 Å². The van der Waals surface area contributed by atoms with Gasteiger partial charge in [-0.25, -0.2) is 9.97 Å². The maximum atomic E-state index is 4.61. The molecule has 0 atom stereocenters. The lowest BCUT2D eigenvalue weighted by Crippen LogP contribution is -2.11. The molecule has 21 heavy (non-hydrogen) atoms. The Morgan fingerprint density at radius 1 is 1.24 bits per heavy atom. The van der Waals surface area contributed by atoms with Gasteiger partial charge >= 0.3 is 0 Å². The van der Waals surface area contributed by atoms with Gasteiger partial charge in [0.15, 0.2) is 11.5 Å². The molecular formula is C14H19N7. The van der Waals surface area contributed by atoms with E-state index in [2.05, 4.69) is 25.5 Å². The summed E-state index contributed by atoms with van der Waals surface area (Å²) in [5.74, 6) is 1.56. The van der Waals surface area contributed by atoms with Crippen LogP contribution in [0.4, 0.5) is 5.82 Å². The van der Waals surface area contributed by atoms with Crippen molar-refractivity contribution in [2.24, 2.45) is 7.05 Å². The van der Waals surface area contributed by atoms with Gasteiger partial charge in [-0.2, -0.15) is 10.2 Å². The molecule has 3 aromatic rings. The van der Waals surface area contributed by atoms with Crippen LogP contribution in [-0.2, 0) is 13.6 Å². The molecule has 0 aliphatic rings. The highest BCUT2D eigenvalue weighted by Crippen LogP contribution is 2.19. The van der Waals surface area contributed by atoms with Crippen molar-refractivity contribution in [1.29, 1.82) is 0 Å². The van der Waals surface area contributed by atoms with Crippen LogP contribution >= 0.6 is 0 Å². The van der Waals surface area contributed by atoms with E-state index in [-0.39, 0.29) is 0 Å². The molecule has 0 amide bonds. The second-order valence-corrected chi connectivity index (χ2v) is 5.11. The van der Waals surface area contributed by atoms with E-state index in [9.17, 15) is 0 Å². The highest BCUT2D eigenvalue weighted by atomic mass is 15.3. The molecule has 0 aliphatic heterocycles. The summed E-state index contributed by atoms with van der Waals surface area (Å²) >= 11 is 0. The van der Waals surface area contributed by atoms with Gasteiger partial charge in [0.05, 0.1) is 17.3 Å². The number of anilines is 1. The number of aryl methyl sites for hydroxylation is 3. The van der Waals surface area contributed by atoms with Crippen LogP contribution in [0.3, 0.4) is 0 Å². The van der Waals surface area contributed by atoms with Crippen molar-refractivity contribution in [2.75, 3.05) is 11.9 Å². The largest absolute Gasteiger partial charge is 0.370 e. The molecule has 3 rings (SSSR count). The van der Waals surface area contributed by atoms with E-state index in [4.69, 9.17) is 0 Å². The first-order chi connectivity index (χ1) is 10.1. The molecule has 0 spiro atoms. The van der Waals surface area contributed by atoms with E-state index in [1.165, 1.54) is 0 Å². The Hall–Kier alpha value is -2.44. The van der Waals surface area contributed by atoms with Gasteiger partial charge in [0.2, 0.25) is 0 Å². The summed E-state index contributed by atoms with van der Waals surface area (Å²) in [6.45, 7) is 7.43. The van der Waals surface area contributed by atoms with E-state index in [1.54, 1.807) is 10.9 Å². The maximum Gasteiger partial charge on any atom is 0.163 e. The Kier molecular flexibility index (Phi) is 3.32. The summed E-state index contributed by atoms with van der Waals surface area (Å²) in [4.78, 5) is 9.23. The molecule has 0 aliphatic carbocycles. The number of nitrogens with zero attached hydrogens (tertiary/aromatic N) is 6. The molecule has 3 heterocycles. The van der Waals surface area contributed by atoms with Crippen LogP contribution in [0.2, 0.25) is 0 Å². The average molecular weight is 285 g/mol. The summed E-state index contributed by atoms with van der Waals surface area (Å²) in [5, 5.41) is 12.9. The molecule has 3 aromatic heterocycles. The minimum Gasteiger partial charge on any atom is -0.370 e. The molecule has 0 bridgehead atoms. The smallest absolute Gasteiger partial charge is 0.163 e. The molecule has 0 fully saturated rings. The fraction of sp³-hybridized carbons (Fsp3) is 0.429.